The lowest BCUT2D eigenvalue weighted by Gasteiger charge is -2.30. The Labute approximate surface area is 94.4 Å². The minimum atomic E-state index is 0.0815. The molecule has 0 aromatic heterocycles. The lowest BCUT2D eigenvalue weighted by atomic mass is 9.95. The van der Waals surface area contributed by atoms with Crippen LogP contribution in [0.2, 0.25) is 5.02 Å². The molecule has 1 aliphatic carbocycles. The van der Waals surface area contributed by atoms with E-state index >= 15 is 0 Å². The Morgan fingerprint density at radius 2 is 2.13 bits per heavy atom. The molecule has 0 spiro atoms. The SMILES string of the molecule is N[C@@H]1CC(C2CC2)Oc2ccc(Cl)cc21. The molecular formula is C12H14ClNO. The average molecular weight is 224 g/mol. The van der Waals surface area contributed by atoms with Crippen molar-refractivity contribution in [2.24, 2.45) is 11.7 Å². The summed E-state index contributed by atoms with van der Waals surface area (Å²) in [5.74, 6) is 1.66. The molecule has 80 valence electrons. The topological polar surface area (TPSA) is 35.2 Å². The lowest BCUT2D eigenvalue weighted by Crippen LogP contribution is -2.30. The van der Waals surface area contributed by atoms with Gasteiger partial charge >= 0.3 is 0 Å². The fourth-order valence-corrected chi connectivity index (χ4v) is 2.44. The minimum Gasteiger partial charge on any atom is -0.490 e. The summed E-state index contributed by atoms with van der Waals surface area (Å²) in [6.45, 7) is 0. The first kappa shape index (κ1) is 9.49. The zero-order valence-corrected chi connectivity index (χ0v) is 9.20. The van der Waals surface area contributed by atoms with Crippen LogP contribution in [0.3, 0.4) is 0 Å². The van der Waals surface area contributed by atoms with Gasteiger partial charge in [0, 0.05) is 23.0 Å². The predicted octanol–water partition coefficient (Wildman–Crippen LogP) is 2.90. The second-order valence-corrected chi connectivity index (χ2v) is 4.95. The summed E-state index contributed by atoms with van der Waals surface area (Å²) in [7, 11) is 0. The molecule has 1 aliphatic heterocycles. The van der Waals surface area contributed by atoms with E-state index in [-0.39, 0.29) is 6.04 Å². The van der Waals surface area contributed by atoms with E-state index in [9.17, 15) is 0 Å². The highest BCUT2D eigenvalue weighted by atomic mass is 35.5. The van der Waals surface area contributed by atoms with Crippen LogP contribution in [0.5, 0.6) is 5.75 Å². The standard InChI is InChI=1S/C12H14ClNO/c13-8-3-4-11-9(5-8)10(14)6-12(15-11)7-1-2-7/h3-5,7,10,12H,1-2,6,14H2/t10-,12?/m1/s1. The molecule has 1 aromatic rings. The highest BCUT2D eigenvalue weighted by Crippen LogP contribution is 2.43. The van der Waals surface area contributed by atoms with Crippen molar-refractivity contribution < 1.29 is 4.74 Å². The Bertz CT molecular complexity index is 389. The van der Waals surface area contributed by atoms with Crippen molar-refractivity contribution in [3.63, 3.8) is 0 Å². The summed E-state index contributed by atoms with van der Waals surface area (Å²) >= 11 is 5.94. The summed E-state index contributed by atoms with van der Waals surface area (Å²) in [6, 6.07) is 5.80. The number of fused-ring (bicyclic) bond motifs is 1. The highest BCUT2D eigenvalue weighted by Gasteiger charge is 2.37. The molecule has 2 atom stereocenters. The maximum atomic E-state index is 6.13. The van der Waals surface area contributed by atoms with Crippen molar-refractivity contribution in [2.75, 3.05) is 0 Å². The third-order valence-electron chi connectivity index (χ3n) is 3.28. The number of halogens is 1. The predicted molar refractivity (Wildman–Crippen MR) is 60.1 cm³/mol. The zero-order valence-electron chi connectivity index (χ0n) is 8.45. The summed E-state index contributed by atoms with van der Waals surface area (Å²) < 4.78 is 5.94. The third kappa shape index (κ3) is 1.72. The molecule has 1 aromatic carbocycles. The van der Waals surface area contributed by atoms with Crippen molar-refractivity contribution in [3.05, 3.63) is 28.8 Å². The first-order valence-electron chi connectivity index (χ1n) is 5.46. The van der Waals surface area contributed by atoms with Gasteiger partial charge in [-0.05, 0) is 37.0 Å². The number of hydrogen-bond acceptors (Lipinski definition) is 2. The van der Waals surface area contributed by atoms with Gasteiger partial charge in [-0.2, -0.15) is 0 Å². The van der Waals surface area contributed by atoms with Gasteiger partial charge in [0.1, 0.15) is 11.9 Å². The number of hydrogen-bond donors (Lipinski definition) is 1. The minimum absolute atomic E-state index is 0.0815. The van der Waals surface area contributed by atoms with Crippen LogP contribution in [-0.2, 0) is 0 Å². The van der Waals surface area contributed by atoms with Crippen molar-refractivity contribution in [3.8, 4) is 5.75 Å². The van der Waals surface area contributed by atoms with Crippen molar-refractivity contribution in [1.82, 2.24) is 0 Å². The molecule has 3 heteroatoms. The Balaban J connectivity index is 1.93. The van der Waals surface area contributed by atoms with Crippen molar-refractivity contribution in [2.45, 2.75) is 31.4 Å². The van der Waals surface area contributed by atoms with E-state index in [1.165, 1.54) is 12.8 Å². The van der Waals surface area contributed by atoms with E-state index in [1.54, 1.807) is 0 Å². The fraction of sp³-hybridized carbons (Fsp3) is 0.500. The molecule has 1 heterocycles. The quantitative estimate of drug-likeness (QED) is 0.795. The number of rotatable bonds is 1. The van der Waals surface area contributed by atoms with Gasteiger partial charge in [-0.3, -0.25) is 0 Å². The van der Waals surface area contributed by atoms with Crippen LogP contribution < -0.4 is 10.5 Å². The fourth-order valence-electron chi connectivity index (χ4n) is 2.26. The van der Waals surface area contributed by atoms with Gasteiger partial charge in [-0.25, -0.2) is 0 Å². The Morgan fingerprint density at radius 1 is 1.33 bits per heavy atom. The third-order valence-corrected chi connectivity index (χ3v) is 3.52. The molecule has 1 unspecified atom stereocenters. The Hall–Kier alpha value is -0.730. The van der Waals surface area contributed by atoms with Crippen LogP contribution in [0, 0.1) is 5.92 Å². The van der Waals surface area contributed by atoms with Gasteiger partial charge in [0.15, 0.2) is 0 Å². The largest absolute Gasteiger partial charge is 0.490 e. The summed E-state index contributed by atoms with van der Waals surface area (Å²) in [4.78, 5) is 0. The maximum Gasteiger partial charge on any atom is 0.124 e. The molecule has 0 bridgehead atoms. The smallest absolute Gasteiger partial charge is 0.124 e. The molecule has 1 fully saturated rings. The molecule has 1 saturated carbocycles. The molecule has 2 N–H and O–H groups in total. The monoisotopic (exact) mass is 223 g/mol. The molecular weight excluding hydrogens is 210 g/mol. The Kier molecular flexibility index (Phi) is 2.15. The van der Waals surface area contributed by atoms with Gasteiger partial charge in [0.05, 0.1) is 0 Å². The van der Waals surface area contributed by atoms with Gasteiger partial charge in [-0.1, -0.05) is 11.6 Å². The van der Waals surface area contributed by atoms with Crippen LogP contribution in [0.1, 0.15) is 30.9 Å². The maximum absolute atomic E-state index is 6.13. The van der Waals surface area contributed by atoms with Crippen molar-refractivity contribution in [1.29, 1.82) is 0 Å². The number of nitrogens with two attached hydrogens (primary N) is 1. The molecule has 2 aliphatic rings. The van der Waals surface area contributed by atoms with Gasteiger partial charge < -0.3 is 10.5 Å². The van der Waals surface area contributed by atoms with Crippen LogP contribution in [0.4, 0.5) is 0 Å². The molecule has 0 amide bonds. The second kappa shape index (κ2) is 3.39. The van der Waals surface area contributed by atoms with Crippen LogP contribution in [0.25, 0.3) is 0 Å². The van der Waals surface area contributed by atoms with E-state index in [0.29, 0.717) is 6.10 Å². The second-order valence-electron chi connectivity index (χ2n) is 4.52. The van der Waals surface area contributed by atoms with E-state index in [2.05, 4.69) is 0 Å². The van der Waals surface area contributed by atoms with E-state index in [1.807, 2.05) is 18.2 Å². The lowest BCUT2D eigenvalue weighted by molar-refractivity contribution is 0.138. The Morgan fingerprint density at radius 3 is 2.87 bits per heavy atom. The van der Waals surface area contributed by atoms with E-state index in [0.717, 1.165) is 28.7 Å². The van der Waals surface area contributed by atoms with E-state index in [4.69, 9.17) is 22.1 Å². The van der Waals surface area contributed by atoms with Crippen molar-refractivity contribution >= 4 is 11.6 Å². The molecule has 0 radical (unpaired) electrons. The zero-order chi connectivity index (χ0) is 10.4. The highest BCUT2D eigenvalue weighted by molar-refractivity contribution is 6.30. The van der Waals surface area contributed by atoms with E-state index < -0.39 is 0 Å². The molecule has 15 heavy (non-hydrogen) atoms. The summed E-state index contributed by atoms with van der Waals surface area (Å²) in [6.07, 6.45) is 3.84. The van der Waals surface area contributed by atoms with Crippen LogP contribution in [0.15, 0.2) is 18.2 Å². The first-order valence-corrected chi connectivity index (χ1v) is 5.83. The molecule has 3 rings (SSSR count). The summed E-state index contributed by atoms with van der Waals surface area (Å²) in [5.41, 5.74) is 7.19. The molecule has 0 saturated heterocycles. The average Bonchev–Trinajstić information content (AvgIpc) is 3.02. The molecule has 2 nitrogen and oxygen atoms in total. The van der Waals surface area contributed by atoms with Crippen LogP contribution in [-0.4, -0.2) is 6.10 Å². The number of benzene rings is 1. The van der Waals surface area contributed by atoms with Gasteiger partial charge in [0.2, 0.25) is 0 Å². The van der Waals surface area contributed by atoms with Crippen LogP contribution >= 0.6 is 11.6 Å². The first-order chi connectivity index (χ1) is 7.24. The van der Waals surface area contributed by atoms with Gasteiger partial charge in [0.25, 0.3) is 0 Å². The summed E-state index contributed by atoms with van der Waals surface area (Å²) in [5, 5.41) is 0.734. The van der Waals surface area contributed by atoms with Gasteiger partial charge in [-0.15, -0.1) is 0 Å². The number of ether oxygens (including phenoxy) is 1. The normalized spacial score (nSPS) is 29.5.